The van der Waals surface area contributed by atoms with Crippen LogP contribution in [0.1, 0.15) is 85.4 Å². The van der Waals surface area contributed by atoms with Crippen LogP contribution in [-0.4, -0.2) is 44.2 Å². The first kappa shape index (κ1) is 31.0. The summed E-state index contributed by atoms with van der Waals surface area (Å²) in [7, 11) is 0. The zero-order chi connectivity index (χ0) is 29.3. The lowest BCUT2D eigenvalue weighted by molar-refractivity contribution is -0.144. The van der Waals surface area contributed by atoms with E-state index in [-0.39, 0.29) is 31.0 Å². The highest BCUT2D eigenvalue weighted by molar-refractivity contribution is 5.91. The molecule has 2 aromatic heterocycles. The van der Waals surface area contributed by atoms with Crippen molar-refractivity contribution >= 4 is 22.8 Å². The van der Waals surface area contributed by atoms with Crippen LogP contribution >= 0.6 is 0 Å². The molecule has 2 amide bonds. The Balaban J connectivity index is 0.000000301. The molecule has 0 saturated heterocycles. The molecule has 5 rings (SSSR count). The molecule has 1 aromatic carbocycles. The summed E-state index contributed by atoms with van der Waals surface area (Å²) < 4.78 is 67.7. The number of aryl methyl sites for hydroxylation is 1. The van der Waals surface area contributed by atoms with Gasteiger partial charge in [0.2, 0.25) is 11.8 Å². The number of nitrogens with zero attached hydrogens (tertiary/aromatic N) is 3. The number of nitrogens with two attached hydrogens (primary N) is 1. The van der Waals surface area contributed by atoms with Crippen molar-refractivity contribution in [2.24, 2.45) is 11.7 Å². The summed E-state index contributed by atoms with van der Waals surface area (Å²) in [5.41, 5.74) is 7.48. The number of amides is 2. The number of carbonyl (C=O) groups excluding carboxylic acids is 2. The highest BCUT2D eigenvalue weighted by Gasteiger charge is 2.36. The summed E-state index contributed by atoms with van der Waals surface area (Å²) in [5.74, 6) is -3.36. The van der Waals surface area contributed by atoms with Crippen LogP contribution in [0.4, 0.5) is 22.0 Å². The third kappa shape index (κ3) is 10.9. The zero-order valence-electron chi connectivity index (χ0n) is 22.1. The average molecular weight is 573 g/mol. The summed E-state index contributed by atoms with van der Waals surface area (Å²) in [5, 5.41) is 9.07. The second kappa shape index (κ2) is 13.7. The Morgan fingerprint density at radius 3 is 2.45 bits per heavy atom. The van der Waals surface area contributed by atoms with Crippen molar-refractivity contribution in [2.45, 2.75) is 89.8 Å². The molecule has 2 fully saturated rings. The van der Waals surface area contributed by atoms with Crippen molar-refractivity contribution in [1.82, 2.24) is 25.6 Å². The Bertz CT molecular complexity index is 1270. The molecule has 4 N–H and O–H groups in total. The Kier molecular flexibility index (Phi) is 10.6. The van der Waals surface area contributed by atoms with Gasteiger partial charge in [-0.15, -0.1) is 0 Å². The Hall–Kier alpha value is -3.58. The number of nitrogens with one attached hydrogen (secondary N) is 2. The monoisotopic (exact) mass is 572 g/mol. The van der Waals surface area contributed by atoms with E-state index < -0.39 is 36.8 Å². The van der Waals surface area contributed by atoms with Crippen LogP contribution in [0.5, 0.6) is 0 Å². The predicted octanol–water partition coefficient (Wildman–Crippen LogP) is 5.54. The number of carbonyl (C=O) groups is 2. The minimum atomic E-state index is -4.36. The fourth-order valence-electron chi connectivity index (χ4n) is 4.04. The molecule has 1 atom stereocenters. The fraction of sp³-hybridized carbons (Fsp3) is 0.577. The van der Waals surface area contributed by atoms with Crippen molar-refractivity contribution in [3.05, 3.63) is 41.0 Å². The van der Waals surface area contributed by atoms with E-state index in [2.05, 4.69) is 30.2 Å². The van der Waals surface area contributed by atoms with E-state index in [1.165, 1.54) is 19.3 Å². The third-order valence-electron chi connectivity index (χ3n) is 6.18. The minimum Gasteiger partial charge on any atom is -0.364 e. The number of aromatic amines is 1. The molecular formula is C26H33F5N6O3. The smallest absolute Gasteiger partial charge is 0.364 e. The van der Waals surface area contributed by atoms with Gasteiger partial charge in [0, 0.05) is 32.2 Å². The van der Waals surface area contributed by atoms with Gasteiger partial charge in [0.15, 0.2) is 5.69 Å². The van der Waals surface area contributed by atoms with Crippen LogP contribution in [0.3, 0.4) is 0 Å². The van der Waals surface area contributed by atoms with E-state index in [4.69, 9.17) is 5.73 Å². The normalized spacial score (nSPS) is 17.7. The second-order valence-electron chi connectivity index (χ2n) is 10.1. The van der Waals surface area contributed by atoms with E-state index in [0.717, 1.165) is 6.42 Å². The first-order valence-electron chi connectivity index (χ1n) is 13.1. The van der Waals surface area contributed by atoms with Crippen molar-refractivity contribution in [1.29, 1.82) is 0 Å². The van der Waals surface area contributed by atoms with Crippen LogP contribution in [0, 0.1) is 12.8 Å². The Morgan fingerprint density at radius 1 is 1.18 bits per heavy atom. The van der Waals surface area contributed by atoms with Crippen LogP contribution in [-0.2, 0) is 17.8 Å². The number of hydrogen-bond donors (Lipinski definition) is 3. The quantitative estimate of drug-likeness (QED) is 0.318. The Morgan fingerprint density at radius 2 is 1.90 bits per heavy atom. The topological polar surface area (TPSA) is 140 Å². The lowest BCUT2D eigenvalue weighted by Gasteiger charge is -2.28. The van der Waals surface area contributed by atoms with Gasteiger partial charge in [0.1, 0.15) is 11.5 Å². The molecule has 2 aliphatic carbocycles. The summed E-state index contributed by atoms with van der Waals surface area (Å²) in [6, 6.07) is 5.22. The largest absolute Gasteiger partial charge is 0.389 e. The molecule has 0 aliphatic heterocycles. The van der Waals surface area contributed by atoms with E-state index >= 15 is 0 Å². The molecule has 0 spiro atoms. The minimum absolute atomic E-state index is 0.0539. The van der Waals surface area contributed by atoms with E-state index in [0.29, 0.717) is 41.0 Å². The summed E-state index contributed by atoms with van der Waals surface area (Å²) in [4.78, 5) is 29.4. The lowest BCUT2D eigenvalue weighted by atomic mass is 9.84. The second-order valence-corrected chi connectivity index (χ2v) is 10.1. The summed E-state index contributed by atoms with van der Waals surface area (Å²) >= 11 is 0. The van der Waals surface area contributed by atoms with Crippen LogP contribution in [0.2, 0.25) is 0 Å². The highest BCUT2D eigenvalue weighted by Crippen LogP contribution is 2.37. The van der Waals surface area contributed by atoms with E-state index in [1.807, 2.05) is 0 Å². The third-order valence-corrected chi connectivity index (χ3v) is 6.18. The molecule has 3 aromatic rings. The van der Waals surface area contributed by atoms with Gasteiger partial charge in [-0.2, -0.15) is 13.2 Å². The first-order chi connectivity index (χ1) is 18.8. The molecule has 2 saturated carbocycles. The van der Waals surface area contributed by atoms with Gasteiger partial charge < -0.3 is 16.0 Å². The van der Waals surface area contributed by atoms with Crippen LogP contribution < -0.4 is 11.1 Å². The number of primary amides is 1. The van der Waals surface area contributed by atoms with Crippen LogP contribution in [0.25, 0.3) is 11.0 Å². The number of alkyl halides is 5. The molecule has 9 nitrogen and oxygen atoms in total. The van der Waals surface area contributed by atoms with Gasteiger partial charge in [0.05, 0.1) is 17.5 Å². The number of H-pyrrole nitrogens is 1. The zero-order valence-corrected chi connectivity index (χ0v) is 22.1. The Labute approximate surface area is 227 Å². The lowest BCUT2D eigenvalue weighted by Crippen LogP contribution is -2.27. The van der Waals surface area contributed by atoms with Crippen LogP contribution in [0.15, 0.2) is 22.8 Å². The van der Waals surface area contributed by atoms with Crippen molar-refractivity contribution in [3.8, 4) is 0 Å². The van der Waals surface area contributed by atoms with Gasteiger partial charge in [0.25, 0.3) is 5.91 Å². The number of halogens is 5. The van der Waals surface area contributed by atoms with E-state index in [1.54, 1.807) is 25.1 Å². The molecule has 2 heterocycles. The molecule has 40 heavy (non-hydrogen) atoms. The molecule has 14 heteroatoms. The van der Waals surface area contributed by atoms with E-state index in [9.17, 15) is 31.5 Å². The number of hydrogen-bond acceptors (Lipinski definition) is 6. The molecular weight excluding hydrogens is 539 g/mol. The molecule has 0 bridgehead atoms. The highest BCUT2D eigenvalue weighted by atomic mass is 19.4. The molecule has 0 radical (unpaired) electrons. The maximum absolute atomic E-state index is 13.6. The van der Waals surface area contributed by atoms with Crippen molar-refractivity contribution in [3.63, 3.8) is 0 Å². The first-order valence-corrected chi connectivity index (χ1v) is 13.1. The SMILES string of the molecule is C1CC1.Cc1nonc1C(N)=O.O=C(CCC(F)(F)F)NCc1ccc2nc(CC3CCCC(F)(F)C3)[nH]c2c1. The summed E-state index contributed by atoms with van der Waals surface area (Å²) in [6.45, 7) is 1.70. The van der Waals surface area contributed by atoms with Crippen molar-refractivity contribution < 1.29 is 36.2 Å². The summed E-state index contributed by atoms with van der Waals surface area (Å²) in [6.07, 6.45) is -0.0779. The number of rotatable bonds is 7. The maximum Gasteiger partial charge on any atom is 0.389 e. The maximum atomic E-state index is 13.6. The van der Waals surface area contributed by atoms with Gasteiger partial charge in [-0.05, 0) is 48.5 Å². The molecule has 1 unspecified atom stereocenters. The molecule has 2 aliphatic rings. The van der Waals surface area contributed by atoms with Crippen molar-refractivity contribution in [2.75, 3.05) is 0 Å². The number of fused-ring (bicyclic) bond motifs is 1. The van der Waals surface area contributed by atoms with Gasteiger partial charge >= 0.3 is 6.18 Å². The molecule has 220 valence electrons. The standard InChI is InChI=1S/C19H22F5N3O.C4H5N3O2.C3H6/c20-18(21)6-1-2-12(10-18)9-16-26-14-4-3-13(8-15(14)27-16)11-25-17(28)5-7-19(22,23)24;1-2-3(4(5)8)7-9-6-2;1-2-3-1/h3-4,8,12H,1-2,5-7,9-11H2,(H,25,28)(H,26,27);1H3,(H2,5,8);1-3H2. The van der Waals surface area contributed by atoms with Gasteiger partial charge in [-0.25, -0.2) is 18.4 Å². The average Bonchev–Trinajstić information content (AvgIpc) is 3.60. The number of benzene rings is 1. The number of imidazole rings is 1. The van der Waals surface area contributed by atoms with Gasteiger partial charge in [-0.1, -0.05) is 30.5 Å². The van der Waals surface area contributed by atoms with Gasteiger partial charge in [-0.3, -0.25) is 9.59 Å². The fourth-order valence-corrected chi connectivity index (χ4v) is 4.04. The predicted molar refractivity (Wildman–Crippen MR) is 135 cm³/mol. The number of aromatic nitrogens is 4.